The van der Waals surface area contributed by atoms with Crippen molar-refractivity contribution in [3.8, 4) is 0 Å². The number of hydrogen-bond donors (Lipinski definition) is 0. The zero-order chi connectivity index (χ0) is 10.6. The molecule has 0 heterocycles. The van der Waals surface area contributed by atoms with Crippen LogP contribution in [-0.2, 0) is 17.1 Å². The Hall–Kier alpha value is -1.43. The Balaban J connectivity index is 0.000000205. The van der Waals surface area contributed by atoms with Crippen LogP contribution >= 0.6 is 0 Å². The average Bonchev–Trinajstić information content (AvgIpc) is 3.09. The standard InChI is InChI=1S/3C5H5.Mn/c3*1-2-4-5-3-1;/h3*1-5H;/q3*-1;+3. The summed E-state index contributed by atoms with van der Waals surface area (Å²) in [6.45, 7) is 0. The molecule has 16 heavy (non-hydrogen) atoms. The molecule has 82 valence electrons. The molecule has 0 N–H and O–H groups in total. The van der Waals surface area contributed by atoms with Gasteiger partial charge in [-0.2, -0.15) is 54.6 Å². The third kappa shape index (κ3) is 9.14. The second kappa shape index (κ2) is 11.6. The predicted molar refractivity (Wildman–Crippen MR) is 66.1 cm³/mol. The fraction of sp³-hybridized carbons (Fsp3) is 0. The van der Waals surface area contributed by atoms with E-state index < -0.39 is 0 Å². The topological polar surface area (TPSA) is 0 Å². The maximum atomic E-state index is 2.00. The van der Waals surface area contributed by atoms with E-state index in [0.29, 0.717) is 0 Å². The van der Waals surface area contributed by atoms with Crippen molar-refractivity contribution in [1.82, 2.24) is 0 Å². The van der Waals surface area contributed by atoms with Gasteiger partial charge in [-0.1, -0.05) is 0 Å². The van der Waals surface area contributed by atoms with Gasteiger partial charge in [-0.05, 0) is 0 Å². The van der Waals surface area contributed by atoms with Crippen LogP contribution in [0.5, 0.6) is 0 Å². The van der Waals surface area contributed by atoms with Gasteiger partial charge in [-0.3, -0.25) is 0 Å². The Morgan fingerprint density at radius 1 is 0.375 bits per heavy atom. The van der Waals surface area contributed by atoms with E-state index in [0.717, 1.165) is 0 Å². The summed E-state index contributed by atoms with van der Waals surface area (Å²) < 4.78 is 0. The van der Waals surface area contributed by atoms with Crippen molar-refractivity contribution in [3.63, 3.8) is 0 Å². The van der Waals surface area contributed by atoms with E-state index in [1.807, 2.05) is 91.0 Å². The second-order valence-corrected chi connectivity index (χ2v) is 2.89. The van der Waals surface area contributed by atoms with Gasteiger partial charge in [0.25, 0.3) is 0 Å². The van der Waals surface area contributed by atoms with E-state index in [9.17, 15) is 0 Å². The van der Waals surface area contributed by atoms with Crippen LogP contribution in [0, 0.1) is 0 Å². The van der Waals surface area contributed by atoms with E-state index >= 15 is 0 Å². The number of rotatable bonds is 0. The van der Waals surface area contributed by atoms with E-state index in [2.05, 4.69) is 0 Å². The van der Waals surface area contributed by atoms with Crippen LogP contribution in [-0.4, -0.2) is 0 Å². The molecule has 0 spiro atoms. The van der Waals surface area contributed by atoms with Crippen LogP contribution in [0.4, 0.5) is 0 Å². The summed E-state index contributed by atoms with van der Waals surface area (Å²) in [5, 5.41) is 0. The Bertz CT molecular complexity index is 237. The normalized spacial score (nSPS) is 7.50. The molecular weight excluding hydrogens is 235 g/mol. The van der Waals surface area contributed by atoms with Crippen molar-refractivity contribution in [3.05, 3.63) is 91.0 Å². The Kier molecular flexibility index (Phi) is 10.6. The van der Waals surface area contributed by atoms with Gasteiger partial charge >= 0.3 is 17.1 Å². The van der Waals surface area contributed by atoms with Crippen molar-refractivity contribution in [2.45, 2.75) is 0 Å². The third-order valence-corrected chi connectivity index (χ3v) is 1.67. The Morgan fingerprint density at radius 3 is 0.625 bits per heavy atom. The van der Waals surface area contributed by atoms with E-state index in [-0.39, 0.29) is 17.1 Å². The van der Waals surface area contributed by atoms with Crippen molar-refractivity contribution in [2.75, 3.05) is 0 Å². The SMILES string of the molecule is [Mn+3].c1cc[cH-]c1.c1cc[cH-]c1.c1cc[cH-]c1. The molecule has 0 aromatic heterocycles. The predicted octanol–water partition coefficient (Wildman–Crippen LogP) is 4.21. The molecule has 0 amide bonds. The maximum absolute atomic E-state index is 2.00. The van der Waals surface area contributed by atoms with Crippen LogP contribution in [0.1, 0.15) is 0 Å². The summed E-state index contributed by atoms with van der Waals surface area (Å²) >= 11 is 0. The van der Waals surface area contributed by atoms with Gasteiger partial charge in [0.2, 0.25) is 0 Å². The van der Waals surface area contributed by atoms with Gasteiger partial charge < -0.3 is 0 Å². The van der Waals surface area contributed by atoms with Crippen LogP contribution in [0.25, 0.3) is 0 Å². The van der Waals surface area contributed by atoms with Gasteiger partial charge in [-0.15, -0.1) is 0 Å². The Morgan fingerprint density at radius 2 is 0.562 bits per heavy atom. The first kappa shape index (κ1) is 14.6. The largest absolute Gasteiger partial charge is 3.00 e. The molecule has 0 aliphatic carbocycles. The van der Waals surface area contributed by atoms with Gasteiger partial charge in [0.15, 0.2) is 0 Å². The van der Waals surface area contributed by atoms with E-state index in [4.69, 9.17) is 0 Å². The summed E-state index contributed by atoms with van der Waals surface area (Å²) in [5.74, 6) is 0. The quantitative estimate of drug-likeness (QED) is 0.414. The molecule has 0 aliphatic heterocycles. The van der Waals surface area contributed by atoms with Crippen molar-refractivity contribution in [2.24, 2.45) is 0 Å². The molecule has 0 saturated heterocycles. The van der Waals surface area contributed by atoms with Gasteiger partial charge in [-0.25, -0.2) is 36.4 Å². The van der Waals surface area contributed by atoms with Crippen LogP contribution < -0.4 is 0 Å². The molecule has 0 atom stereocenters. The summed E-state index contributed by atoms with van der Waals surface area (Å²) in [6.07, 6.45) is 0. The fourth-order valence-electron chi connectivity index (χ4n) is 0.962. The molecule has 0 unspecified atom stereocenters. The fourth-order valence-corrected chi connectivity index (χ4v) is 0.962. The summed E-state index contributed by atoms with van der Waals surface area (Å²) in [5.41, 5.74) is 0. The minimum Gasteiger partial charge on any atom is -0.214 e. The molecule has 3 aromatic rings. The third-order valence-electron chi connectivity index (χ3n) is 1.67. The molecular formula is C15H15Mn. The van der Waals surface area contributed by atoms with Crippen LogP contribution in [0.15, 0.2) is 91.0 Å². The molecule has 0 nitrogen and oxygen atoms in total. The second-order valence-electron chi connectivity index (χ2n) is 2.89. The zero-order valence-corrected chi connectivity index (χ0v) is 10.2. The monoisotopic (exact) mass is 250 g/mol. The van der Waals surface area contributed by atoms with Crippen LogP contribution in [0.3, 0.4) is 0 Å². The maximum Gasteiger partial charge on any atom is 3.00 e. The first-order chi connectivity index (χ1) is 7.50. The molecule has 0 aliphatic rings. The molecule has 0 saturated carbocycles. The van der Waals surface area contributed by atoms with Crippen molar-refractivity contribution in [1.29, 1.82) is 0 Å². The minimum absolute atomic E-state index is 0. The van der Waals surface area contributed by atoms with Gasteiger partial charge in [0.05, 0.1) is 0 Å². The molecule has 1 heteroatoms. The Labute approximate surface area is 108 Å². The minimum atomic E-state index is 0. The summed E-state index contributed by atoms with van der Waals surface area (Å²) in [6, 6.07) is 30.0. The van der Waals surface area contributed by atoms with E-state index in [1.54, 1.807) is 0 Å². The molecule has 0 bridgehead atoms. The smallest absolute Gasteiger partial charge is 0.214 e. The first-order valence-corrected chi connectivity index (χ1v) is 5.00. The number of hydrogen-bond acceptors (Lipinski definition) is 0. The van der Waals surface area contributed by atoms with Gasteiger partial charge in [0.1, 0.15) is 0 Å². The molecule has 3 aromatic carbocycles. The zero-order valence-electron chi connectivity index (χ0n) is 9.04. The summed E-state index contributed by atoms with van der Waals surface area (Å²) in [7, 11) is 0. The first-order valence-electron chi connectivity index (χ1n) is 5.00. The summed E-state index contributed by atoms with van der Waals surface area (Å²) in [4.78, 5) is 0. The van der Waals surface area contributed by atoms with Gasteiger partial charge in [0, 0.05) is 0 Å². The van der Waals surface area contributed by atoms with Crippen molar-refractivity contribution >= 4 is 0 Å². The van der Waals surface area contributed by atoms with Crippen molar-refractivity contribution < 1.29 is 17.1 Å². The average molecular weight is 250 g/mol. The molecule has 0 fully saturated rings. The van der Waals surface area contributed by atoms with Crippen LogP contribution in [0.2, 0.25) is 0 Å². The van der Waals surface area contributed by atoms with E-state index in [1.165, 1.54) is 0 Å². The molecule has 0 radical (unpaired) electrons. The molecule has 3 rings (SSSR count).